The lowest BCUT2D eigenvalue weighted by Crippen LogP contribution is -2.11. The highest BCUT2D eigenvalue weighted by Gasteiger charge is 2.42. The van der Waals surface area contributed by atoms with Crippen molar-refractivity contribution in [1.82, 2.24) is 5.16 Å². The number of ether oxygens (including phenoxy) is 1. The van der Waals surface area contributed by atoms with Gasteiger partial charge in [0.25, 0.3) is 0 Å². The molecule has 0 spiro atoms. The number of aromatic nitrogens is 1. The molecule has 1 aromatic carbocycles. The van der Waals surface area contributed by atoms with Gasteiger partial charge in [-0.1, -0.05) is 34.4 Å². The van der Waals surface area contributed by atoms with E-state index in [-0.39, 0.29) is 6.10 Å². The van der Waals surface area contributed by atoms with Gasteiger partial charge < -0.3 is 9.26 Å². The molecule has 3 saturated carbocycles. The maximum absolute atomic E-state index is 11.6. The number of hydrogen-bond acceptors (Lipinski definition) is 4. The number of carbonyl (C=O) groups is 1. The topological polar surface area (TPSA) is 52.3 Å². The molecule has 0 amide bonds. The van der Waals surface area contributed by atoms with Gasteiger partial charge in [-0.3, -0.25) is 4.79 Å². The van der Waals surface area contributed by atoms with Crippen LogP contribution in [0.3, 0.4) is 0 Å². The predicted octanol–water partition coefficient (Wildman–Crippen LogP) is 5.80. The number of Topliss-reactive ketones (excluding diaryl/α,β-unsaturated/α-hetero) is 1. The minimum Gasteiger partial charge on any atom is -0.373 e. The molecule has 0 saturated heterocycles. The van der Waals surface area contributed by atoms with Crippen molar-refractivity contribution >= 4 is 29.0 Å². The van der Waals surface area contributed by atoms with Crippen molar-refractivity contribution in [2.45, 2.75) is 57.2 Å². The third-order valence-corrected chi connectivity index (χ3v) is 6.84. The number of halogens is 2. The zero-order valence-electron chi connectivity index (χ0n) is 14.9. The summed E-state index contributed by atoms with van der Waals surface area (Å²) in [6.45, 7) is 0.449. The Morgan fingerprint density at radius 2 is 1.78 bits per heavy atom. The van der Waals surface area contributed by atoms with Crippen LogP contribution in [0.5, 0.6) is 0 Å². The van der Waals surface area contributed by atoms with Crippen molar-refractivity contribution in [2.24, 2.45) is 11.8 Å². The number of hydrogen-bond donors (Lipinski definition) is 0. The molecule has 0 bridgehead atoms. The SMILES string of the molecule is O=C1CC2CC(OCc3c(-c4c(Cl)cccc4Cl)noc3C3CC3)C[C@H]2C1. The van der Waals surface area contributed by atoms with E-state index >= 15 is 0 Å². The first kappa shape index (κ1) is 17.7. The van der Waals surface area contributed by atoms with Gasteiger partial charge in [-0.05, 0) is 49.7 Å². The number of fused-ring (bicyclic) bond motifs is 1. The molecule has 0 aliphatic heterocycles. The van der Waals surface area contributed by atoms with Crippen LogP contribution in [0, 0.1) is 11.8 Å². The Kier molecular flexibility index (Phi) is 4.53. The van der Waals surface area contributed by atoms with Crippen molar-refractivity contribution in [3.8, 4) is 11.3 Å². The van der Waals surface area contributed by atoms with Crippen LogP contribution in [0.2, 0.25) is 10.0 Å². The summed E-state index contributed by atoms with van der Waals surface area (Å²) in [7, 11) is 0. The molecule has 3 atom stereocenters. The van der Waals surface area contributed by atoms with Crippen LogP contribution in [0.4, 0.5) is 0 Å². The summed E-state index contributed by atoms with van der Waals surface area (Å²) in [6.07, 6.45) is 5.84. The molecule has 6 heteroatoms. The molecule has 2 aromatic rings. The van der Waals surface area contributed by atoms with Crippen LogP contribution >= 0.6 is 23.2 Å². The average molecular weight is 406 g/mol. The van der Waals surface area contributed by atoms with Crippen LogP contribution in [0.1, 0.15) is 55.8 Å². The Morgan fingerprint density at radius 1 is 1.11 bits per heavy atom. The zero-order valence-corrected chi connectivity index (χ0v) is 16.4. The Morgan fingerprint density at radius 3 is 2.41 bits per heavy atom. The summed E-state index contributed by atoms with van der Waals surface area (Å²) >= 11 is 12.8. The number of nitrogens with zero attached hydrogens (tertiary/aromatic N) is 1. The standard InChI is InChI=1S/C21H21Cl2NO3/c22-17-2-1-3-18(23)19(17)20-16(21(27-24-20)11-4-5-11)10-26-15-8-12-6-14(25)7-13(12)9-15/h1-3,11-13,15H,4-10H2/t12-,13?,15?/m1/s1. The Labute approximate surface area is 168 Å². The van der Waals surface area contributed by atoms with Crippen molar-refractivity contribution < 1.29 is 14.1 Å². The fraction of sp³-hybridized carbons (Fsp3) is 0.524. The van der Waals surface area contributed by atoms with Crippen molar-refractivity contribution in [1.29, 1.82) is 0 Å². The van der Waals surface area contributed by atoms with E-state index in [1.165, 1.54) is 0 Å². The van der Waals surface area contributed by atoms with E-state index in [9.17, 15) is 4.79 Å². The number of ketones is 1. The van der Waals surface area contributed by atoms with Gasteiger partial charge in [0.15, 0.2) is 0 Å². The summed E-state index contributed by atoms with van der Waals surface area (Å²) in [6, 6.07) is 5.45. The van der Waals surface area contributed by atoms with E-state index in [1.807, 2.05) is 18.2 Å². The first-order valence-corrected chi connectivity index (χ1v) is 10.4. The largest absolute Gasteiger partial charge is 0.373 e. The van der Waals surface area contributed by atoms with E-state index < -0.39 is 0 Å². The maximum atomic E-state index is 11.6. The van der Waals surface area contributed by atoms with Crippen molar-refractivity contribution in [3.63, 3.8) is 0 Å². The highest BCUT2D eigenvalue weighted by Crippen LogP contribution is 2.47. The molecule has 142 valence electrons. The second-order valence-corrected chi connectivity index (χ2v) is 8.93. The number of benzene rings is 1. The highest BCUT2D eigenvalue weighted by molar-refractivity contribution is 6.39. The van der Waals surface area contributed by atoms with Crippen LogP contribution in [0.15, 0.2) is 22.7 Å². The smallest absolute Gasteiger partial charge is 0.145 e. The van der Waals surface area contributed by atoms with Crippen LogP contribution in [-0.2, 0) is 16.1 Å². The normalized spacial score (nSPS) is 27.3. The van der Waals surface area contributed by atoms with Gasteiger partial charge >= 0.3 is 0 Å². The molecule has 1 heterocycles. The fourth-order valence-electron chi connectivity index (χ4n) is 4.71. The van der Waals surface area contributed by atoms with Crippen LogP contribution < -0.4 is 0 Å². The molecule has 4 nitrogen and oxygen atoms in total. The number of rotatable bonds is 5. The van der Waals surface area contributed by atoms with Gasteiger partial charge in [-0.15, -0.1) is 0 Å². The van der Waals surface area contributed by atoms with E-state index in [1.54, 1.807) is 0 Å². The molecule has 3 aliphatic rings. The van der Waals surface area contributed by atoms with Gasteiger partial charge in [0.1, 0.15) is 17.2 Å². The van der Waals surface area contributed by atoms with Gasteiger partial charge in [-0.2, -0.15) is 0 Å². The lowest BCUT2D eigenvalue weighted by Gasteiger charge is -2.14. The fourth-order valence-corrected chi connectivity index (χ4v) is 5.29. The molecule has 2 unspecified atom stereocenters. The van der Waals surface area contributed by atoms with E-state index in [0.29, 0.717) is 51.4 Å². The minimum atomic E-state index is 0.199. The molecular formula is C21H21Cl2NO3. The van der Waals surface area contributed by atoms with Crippen molar-refractivity contribution in [3.05, 3.63) is 39.6 Å². The second kappa shape index (κ2) is 6.91. The zero-order chi connectivity index (χ0) is 18.5. The molecule has 1 aromatic heterocycles. The molecule has 5 rings (SSSR count). The van der Waals surface area contributed by atoms with Gasteiger partial charge in [0, 0.05) is 29.9 Å². The molecule has 0 radical (unpaired) electrons. The summed E-state index contributed by atoms with van der Waals surface area (Å²) in [5, 5.41) is 5.44. The van der Waals surface area contributed by atoms with E-state index in [4.69, 9.17) is 32.5 Å². The summed E-state index contributed by atoms with van der Waals surface area (Å²) in [4.78, 5) is 11.6. The van der Waals surface area contributed by atoms with Crippen LogP contribution in [0.25, 0.3) is 11.3 Å². The molecular weight excluding hydrogens is 385 g/mol. The first-order valence-electron chi connectivity index (χ1n) is 9.66. The maximum Gasteiger partial charge on any atom is 0.145 e. The quantitative estimate of drug-likeness (QED) is 0.630. The Hall–Kier alpha value is -1.36. The van der Waals surface area contributed by atoms with Gasteiger partial charge in [-0.25, -0.2) is 0 Å². The Balaban J connectivity index is 1.39. The highest BCUT2D eigenvalue weighted by atomic mass is 35.5. The lowest BCUT2D eigenvalue weighted by molar-refractivity contribution is -0.118. The monoisotopic (exact) mass is 405 g/mol. The van der Waals surface area contributed by atoms with Crippen LogP contribution in [-0.4, -0.2) is 17.0 Å². The minimum absolute atomic E-state index is 0.199. The van der Waals surface area contributed by atoms with Crippen molar-refractivity contribution in [2.75, 3.05) is 0 Å². The molecule has 3 fully saturated rings. The summed E-state index contributed by atoms with van der Waals surface area (Å²) in [5.41, 5.74) is 2.38. The molecule has 27 heavy (non-hydrogen) atoms. The average Bonchev–Trinajstić information content (AvgIpc) is 3.14. The second-order valence-electron chi connectivity index (χ2n) is 8.12. The van der Waals surface area contributed by atoms with Gasteiger partial charge in [0.2, 0.25) is 0 Å². The first-order chi connectivity index (χ1) is 13.1. The summed E-state index contributed by atoms with van der Waals surface area (Å²) < 4.78 is 12.0. The van der Waals surface area contributed by atoms with E-state index in [0.717, 1.165) is 49.8 Å². The van der Waals surface area contributed by atoms with E-state index in [2.05, 4.69) is 5.16 Å². The third-order valence-electron chi connectivity index (χ3n) is 6.21. The molecule has 3 aliphatic carbocycles. The van der Waals surface area contributed by atoms with Gasteiger partial charge in [0.05, 0.1) is 22.8 Å². The number of carbonyl (C=O) groups excluding carboxylic acids is 1. The lowest BCUT2D eigenvalue weighted by atomic mass is 10.0. The predicted molar refractivity (Wildman–Crippen MR) is 103 cm³/mol. The summed E-state index contributed by atoms with van der Waals surface area (Å²) in [5.74, 6) is 2.76. The Bertz CT molecular complexity index is 853. The molecule has 0 N–H and O–H groups in total. The third kappa shape index (κ3) is 3.32.